The summed E-state index contributed by atoms with van der Waals surface area (Å²) in [5.41, 5.74) is 7.94. The summed E-state index contributed by atoms with van der Waals surface area (Å²) in [6.45, 7) is 2.25. The molecule has 0 radical (unpaired) electrons. The van der Waals surface area contributed by atoms with Crippen LogP contribution in [-0.2, 0) is 6.54 Å². The molecular formula is C19H24N4O2. The highest BCUT2D eigenvalue weighted by Gasteiger charge is 2.42. The van der Waals surface area contributed by atoms with Gasteiger partial charge in [-0.15, -0.1) is 0 Å². The fourth-order valence-electron chi connectivity index (χ4n) is 4.13. The molecule has 3 atom stereocenters. The summed E-state index contributed by atoms with van der Waals surface area (Å²) in [5, 5.41) is 4.35. The molecule has 1 aliphatic carbocycles. The molecule has 1 aromatic carbocycles. The largest absolute Gasteiger partial charge is 0.497 e. The number of rotatable bonds is 4. The molecule has 3 unspecified atom stereocenters. The second-order valence-electron chi connectivity index (χ2n) is 7.15. The molecule has 2 aliphatic rings. The molecular weight excluding hydrogens is 316 g/mol. The summed E-state index contributed by atoms with van der Waals surface area (Å²) in [5.74, 6) is 1.95. The normalized spacial score (nSPS) is 25.2. The first-order chi connectivity index (χ1) is 12.1. The molecule has 1 saturated heterocycles. The van der Waals surface area contributed by atoms with E-state index in [0.29, 0.717) is 23.9 Å². The molecule has 0 bridgehead atoms. The predicted molar refractivity (Wildman–Crippen MR) is 94.4 cm³/mol. The van der Waals surface area contributed by atoms with E-state index < -0.39 is 0 Å². The predicted octanol–water partition coefficient (Wildman–Crippen LogP) is 1.75. The summed E-state index contributed by atoms with van der Waals surface area (Å²) in [7, 11) is 1.65. The molecule has 2 aromatic rings. The van der Waals surface area contributed by atoms with Crippen LogP contribution in [0.15, 0.2) is 36.7 Å². The number of carbonyl (C=O) groups is 1. The van der Waals surface area contributed by atoms with Gasteiger partial charge in [0.05, 0.1) is 25.4 Å². The first kappa shape index (κ1) is 16.1. The van der Waals surface area contributed by atoms with Crippen molar-refractivity contribution in [2.24, 2.45) is 17.6 Å². The van der Waals surface area contributed by atoms with Crippen molar-refractivity contribution in [3.63, 3.8) is 0 Å². The Labute approximate surface area is 147 Å². The minimum absolute atomic E-state index is 0.0718. The first-order valence-corrected chi connectivity index (χ1v) is 8.84. The average molecular weight is 340 g/mol. The highest BCUT2D eigenvalue weighted by Crippen LogP contribution is 2.37. The van der Waals surface area contributed by atoms with Crippen LogP contribution >= 0.6 is 0 Å². The Bertz CT molecular complexity index is 755. The van der Waals surface area contributed by atoms with Gasteiger partial charge >= 0.3 is 0 Å². The lowest BCUT2D eigenvalue weighted by Gasteiger charge is -2.17. The van der Waals surface area contributed by atoms with Crippen LogP contribution in [0.2, 0.25) is 0 Å². The number of carbonyl (C=O) groups excluding carboxylic acids is 1. The average Bonchev–Trinajstić information content (AvgIpc) is 3.33. The van der Waals surface area contributed by atoms with Crippen molar-refractivity contribution in [3.05, 3.63) is 47.8 Å². The second kappa shape index (κ2) is 6.52. The van der Waals surface area contributed by atoms with Crippen LogP contribution in [0.4, 0.5) is 0 Å². The Morgan fingerprint density at radius 2 is 2.08 bits per heavy atom. The Morgan fingerprint density at radius 3 is 2.80 bits per heavy atom. The van der Waals surface area contributed by atoms with E-state index >= 15 is 0 Å². The van der Waals surface area contributed by atoms with Crippen molar-refractivity contribution in [2.45, 2.75) is 25.4 Å². The molecule has 1 amide bonds. The molecule has 1 saturated carbocycles. The second-order valence-corrected chi connectivity index (χ2v) is 7.15. The maximum atomic E-state index is 12.7. The SMILES string of the molecule is COc1ccc(Cn2cc(C(=O)N3CC4CCC(N)C4C3)cn2)cc1. The zero-order chi connectivity index (χ0) is 17.4. The van der Waals surface area contributed by atoms with Crippen LogP contribution in [0.1, 0.15) is 28.8 Å². The number of likely N-dealkylation sites (tertiary alicyclic amines) is 1. The quantitative estimate of drug-likeness (QED) is 0.920. The van der Waals surface area contributed by atoms with Crippen molar-refractivity contribution in [2.75, 3.05) is 20.2 Å². The molecule has 2 heterocycles. The molecule has 25 heavy (non-hydrogen) atoms. The third-order valence-corrected chi connectivity index (χ3v) is 5.58. The van der Waals surface area contributed by atoms with Gasteiger partial charge in [0.1, 0.15) is 5.75 Å². The van der Waals surface area contributed by atoms with E-state index in [0.717, 1.165) is 37.2 Å². The summed E-state index contributed by atoms with van der Waals surface area (Å²) in [6.07, 6.45) is 5.74. The lowest BCUT2D eigenvalue weighted by Crippen LogP contribution is -2.33. The Balaban J connectivity index is 1.41. The molecule has 2 fully saturated rings. The lowest BCUT2D eigenvalue weighted by molar-refractivity contribution is 0.0779. The fourth-order valence-corrected chi connectivity index (χ4v) is 4.13. The summed E-state index contributed by atoms with van der Waals surface area (Å²) >= 11 is 0. The Kier molecular flexibility index (Phi) is 4.21. The molecule has 1 aromatic heterocycles. The number of methoxy groups -OCH3 is 1. The number of benzene rings is 1. The van der Waals surface area contributed by atoms with Crippen molar-refractivity contribution in [3.8, 4) is 5.75 Å². The monoisotopic (exact) mass is 340 g/mol. The smallest absolute Gasteiger partial charge is 0.257 e. The zero-order valence-electron chi connectivity index (χ0n) is 14.5. The van der Waals surface area contributed by atoms with Gasteiger partial charge in [-0.25, -0.2) is 0 Å². The third-order valence-electron chi connectivity index (χ3n) is 5.58. The minimum Gasteiger partial charge on any atom is -0.497 e. The van der Waals surface area contributed by atoms with Gasteiger partial charge in [-0.05, 0) is 42.4 Å². The number of aromatic nitrogens is 2. The minimum atomic E-state index is 0.0718. The van der Waals surface area contributed by atoms with Gasteiger partial charge < -0.3 is 15.4 Å². The number of nitrogens with zero attached hydrogens (tertiary/aromatic N) is 3. The highest BCUT2D eigenvalue weighted by molar-refractivity contribution is 5.94. The molecule has 2 N–H and O–H groups in total. The van der Waals surface area contributed by atoms with E-state index in [1.807, 2.05) is 35.4 Å². The van der Waals surface area contributed by atoms with Gasteiger partial charge in [-0.3, -0.25) is 9.48 Å². The molecule has 4 rings (SSSR count). The van der Waals surface area contributed by atoms with Crippen LogP contribution in [0.25, 0.3) is 0 Å². The van der Waals surface area contributed by atoms with E-state index in [2.05, 4.69) is 5.10 Å². The van der Waals surface area contributed by atoms with Gasteiger partial charge in [0.2, 0.25) is 0 Å². The van der Waals surface area contributed by atoms with E-state index in [1.165, 1.54) is 0 Å². The maximum Gasteiger partial charge on any atom is 0.257 e. The topological polar surface area (TPSA) is 73.4 Å². The number of ether oxygens (including phenoxy) is 1. The Morgan fingerprint density at radius 1 is 1.28 bits per heavy atom. The van der Waals surface area contributed by atoms with E-state index in [4.69, 9.17) is 10.5 Å². The first-order valence-electron chi connectivity index (χ1n) is 8.84. The molecule has 6 nitrogen and oxygen atoms in total. The van der Waals surface area contributed by atoms with Gasteiger partial charge in [-0.1, -0.05) is 12.1 Å². The molecule has 6 heteroatoms. The zero-order valence-corrected chi connectivity index (χ0v) is 14.5. The van der Waals surface area contributed by atoms with Crippen LogP contribution in [0.5, 0.6) is 5.75 Å². The van der Waals surface area contributed by atoms with E-state index in [-0.39, 0.29) is 11.9 Å². The van der Waals surface area contributed by atoms with E-state index in [1.54, 1.807) is 18.0 Å². The highest BCUT2D eigenvalue weighted by atomic mass is 16.5. The lowest BCUT2D eigenvalue weighted by atomic mass is 9.98. The van der Waals surface area contributed by atoms with Crippen molar-refractivity contribution in [1.82, 2.24) is 14.7 Å². The van der Waals surface area contributed by atoms with Crippen LogP contribution in [-0.4, -0.2) is 46.8 Å². The Hall–Kier alpha value is -2.34. The van der Waals surface area contributed by atoms with Crippen LogP contribution in [0, 0.1) is 11.8 Å². The molecule has 1 aliphatic heterocycles. The van der Waals surface area contributed by atoms with Gasteiger partial charge in [0.25, 0.3) is 5.91 Å². The summed E-state index contributed by atoms with van der Waals surface area (Å²) < 4.78 is 6.97. The van der Waals surface area contributed by atoms with E-state index in [9.17, 15) is 4.79 Å². The molecule has 132 valence electrons. The van der Waals surface area contributed by atoms with Crippen LogP contribution < -0.4 is 10.5 Å². The van der Waals surface area contributed by atoms with Gasteiger partial charge in [0.15, 0.2) is 0 Å². The standard InChI is InChI=1S/C19H24N4O2/c1-25-16-5-2-13(3-6-16)9-23-11-15(8-21-23)19(24)22-10-14-4-7-18(20)17(14)12-22/h2-3,5-6,8,11,14,17-18H,4,7,9-10,12,20H2,1H3. The third kappa shape index (κ3) is 3.14. The van der Waals surface area contributed by atoms with Gasteiger partial charge in [-0.2, -0.15) is 5.10 Å². The number of amides is 1. The molecule has 0 spiro atoms. The number of hydrogen-bond donors (Lipinski definition) is 1. The summed E-state index contributed by atoms with van der Waals surface area (Å²) in [4.78, 5) is 14.7. The maximum absolute atomic E-state index is 12.7. The van der Waals surface area contributed by atoms with Gasteiger partial charge in [0, 0.05) is 25.3 Å². The number of nitrogens with two attached hydrogens (primary N) is 1. The van der Waals surface area contributed by atoms with Crippen molar-refractivity contribution >= 4 is 5.91 Å². The number of hydrogen-bond acceptors (Lipinski definition) is 4. The van der Waals surface area contributed by atoms with Crippen molar-refractivity contribution in [1.29, 1.82) is 0 Å². The fraction of sp³-hybridized carbons (Fsp3) is 0.474. The van der Waals surface area contributed by atoms with Crippen molar-refractivity contribution < 1.29 is 9.53 Å². The number of fused-ring (bicyclic) bond motifs is 1. The van der Waals surface area contributed by atoms with Crippen LogP contribution in [0.3, 0.4) is 0 Å². The summed E-state index contributed by atoms with van der Waals surface area (Å²) in [6, 6.07) is 8.12.